The van der Waals surface area contributed by atoms with Gasteiger partial charge >= 0.3 is 0 Å². The molecule has 4 rings (SSSR count). The summed E-state index contributed by atoms with van der Waals surface area (Å²) >= 11 is 12.2. The highest BCUT2D eigenvalue weighted by Crippen LogP contribution is 2.39. The molecule has 188 valence electrons. The SMILES string of the molecule is C=C(/N=C\C(=C/C)c1ccc(C(C)(C)c2cc(Cl)c(OCCCl)c(C#N)c2)cc1)N1CCC12CNC2. The molecule has 0 unspecified atom stereocenters. The Kier molecular flexibility index (Phi) is 7.80. The number of halogens is 2. The molecular weight excluding hydrogens is 491 g/mol. The van der Waals surface area contributed by atoms with E-state index in [1.807, 2.05) is 25.3 Å². The highest BCUT2D eigenvalue weighted by atomic mass is 35.5. The number of hydrogen-bond acceptors (Lipinski definition) is 5. The molecule has 0 saturated carbocycles. The lowest BCUT2D eigenvalue weighted by atomic mass is 9.77. The number of nitrogens with zero attached hydrogens (tertiary/aromatic N) is 3. The maximum Gasteiger partial charge on any atom is 0.155 e. The van der Waals surface area contributed by atoms with Crippen LogP contribution in [0.5, 0.6) is 5.75 Å². The number of aliphatic imine (C=N–C) groups is 1. The number of nitriles is 1. The molecule has 36 heavy (non-hydrogen) atoms. The Hall–Kier alpha value is -2.78. The van der Waals surface area contributed by atoms with Crippen LogP contribution in [0.4, 0.5) is 0 Å². The zero-order valence-corrected chi connectivity index (χ0v) is 22.6. The van der Waals surface area contributed by atoms with Gasteiger partial charge in [-0.2, -0.15) is 5.26 Å². The van der Waals surface area contributed by atoms with Gasteiger partial charge in [-0.25, -0.2) is 4.99 Å². The van der Waals surface area contributed by atoms with Gasteiger partial charge in [0.15, 0.2) is 5.75 Å². The van der Waals surface area contributed by atoms with Gasteiger partial charge in [0, 0.05) is 31.3 Å². The molecule has 2 aliphatic heterocycles. The molecule has 0 aliphatic carbocycles. The van der Waals surface area contributed by atoms with Crippen molar-refractivity contribution < 1.29 is 4.74 Å². The molecule has 7 heteroatoms. The highest BCUT2D eigenvalue weighted by molar-refractivity contribution is 6.32. The predicted molar refractivity (Wildman–Crippen MR) is 149 cm³/mol. The number of likely N-dealkylation sites (tertiary alicyclic amines) is 1. The fourth-order valence-corrected chi connectivity index (χ4v) is 5.18. The lowest BCUT2D eigenvalue weighted by Gasteiger charge is -2.59. The van der Waals surface area contributed by atoms with E-state index >= 15 is 0 Å². The minimum absolute atomic E-state index is 0.237. The summed E-state index contributed by atoms with van der Waals surface area (Å²) in [5.41, 5.74) is 4.43. The van der Waals surface area contributed by atoms with Crippen molar-refractivity contribution in [2.24, 2.45) is 4.99 Å². The second-order valence-corrected chi connectivity index (χ2v) is 10.6. The van der Waals surface area contributed by atoms with Crippen LogP contribution in [0.3, 0.4) is 0 Å². The van der Waals surface area contributed by atoms with Gasteiger partial charge in [0.2, 0.25) is 0 Å². The van der Waals surface area contributed by atoms with Crippen LogP contribution in [0.15, 0.2) is 59.9 Å². The summed E-state index contributed by atoms with van der Waals surface area (Å²) in [4.78, 5) is 7.00. The molecule has 1 N–H and O–H groups in total. The molecular formula is C29H32Cl2N4O. The van der Waals surface area contributed by atoms with Crippen LogP contribution in [-0.2, 0) is 5.41 Å². The minimum Gasteiger partial charge on any atom is -0.489 e. The van der Waals surface area contributed by atoms with Gasteiger partial charge in [-0.15, -0.1) is 11.6 Å². The van der Waals surface area contributed by atoms with Gasteiger partial charge in [0.25, 0.3) is 0 Å². The Morgan fingerprint density at radius 1 is 1.28 bits per heavy atom. The smallest absolute Gasteiger partial charge is 0.155 e. The van der Waals surface area contributed by atoms with Crippen molar-refractivity contribution in [3.05, 3.63) is 82.2 Å². The monoisotopic (exact) mass is 522 g/mol. The second-order valence-electron chi connectivity index (χ2n) is 9.83. The minimum atomic E-state index is -0.375. The molecule has 2 aliphatic rings. The third-order valence-corrected chi connectivity index (χ3v) is 7.84. The first-order valence-corrected chi connectivity index (χ1v) is 13.1. The molecule has 2 aromatic carbocycles. The Morgan fingerprint density at radius 3 is 2.53 bits per heavy atom. The maximum atomic E-state index is 9.66. The topological polar surface area (TPSA) is 60.6 Å². The van der Waals surface area contributed by atoms with Crippen LogP contribution < -0.4 is 10.1 Å². The first-order chi connectivity index (χ1) is 17.3. The molecule has 2 heterocycles. The standard InChI is InChI=1S/C29H32Cl2N4O/c1-5-21(17-34-20(2)35-12-10-29(35)18-33-19-29)22-6-8-24(9-7-22)28(3,4)25-14-23(16-32)27(26(31)15-25)36-13-11-30/h5-9,14-15,17,33H,2,10-13,18-19H2,1,3-4H3/b21-5+,34-17-. The third-order valence-electron chi connectivity index (χ3n) is 7.41. The molecule has 0 radical (unpaired) electrons. The zero-order valence-electron chi connectivity index (χ0n) is 21.1. The summed E-state index contributed by atoms with van der Waals surface area (Å²) in [5.74, 6) is 1.53. The summed E-state index contributed by atoms with van der Waals surface area (Å²) in [5, 5.41) is 13.4. The number of benzene rings is 2. The Bertz CT molecular complexity index is 1230. The van der Waals surface area contributed by atoms with Gasteiger partial charge in [0.1, 0.15) is 18.5 Å². The van der Waals surface area contributed by atoms with E-state index in [4.69, 9.17) is 32.9 Å². The fourth-order valence-electron chi connectivity index (χ4n) is 4.82. The average molecular weight is 524 g/mol. The number of allylic oxidation sites excluding steroid dienone is 2. The van der Waals surface area contributed by atoms with Crippen molar-refractivity contribution in [2.75, 3.05) is 32.1 Å². The van der Waals surface area contributed by atoms with Crippen molar-refractivity contribution in [1.82, 2.24) is 10.2 Å². The largest absolute Gasteiger partial charge is 0.489 e. The molecule has 0 bridgehead atoms. The van der Waals surface area contributed by atoms with E-state index in [1.54, 1.807) is 0 Å². The Balaban J connectivity index is 1.52. The number of ether oxygens (including phenoxy) is 1. The van der Waals surface area contributed by atoms with Gasteiger partial charge in [-0.05, 0) is 47.7 Å². The quantitative estimate of drug-likeness (QED) is 0.317. The van der Waals surface area contributed by atoms with E-state index in [1.165, 1.54) is 6.42 Å². The average Bonchev–Trinajstić information content (AvgIpc) is 2.82. The fraction of sp³-hybridized carbons (Fsp3) is 0.379. The predicted octanol–water partition coefficient (Wildman–Crippen LogP) is 6.15. The van der Waals surface area contributed by atoms with Gasteiger partial charge in [-0.3, -0.25) is 0 Å². The van der Waals surface area contributed by atoms with Crippen LogP contribution in [0.25, 0.3) is 5.57 Å². The number of alkyl halides is 1. The molecule has 2 fully saturated rings. The van der Waals surface area contributed by atoms with Crippen LogP contribution in [-0.4, -0.2) is 48.8 Å². The van der Waals surface area contributed by atoms with Crippen molar-refractivity contribution in [3.8, 4) is 11.8 Å². The summed E-state index contributed by atoms with van der Waals surface area (Å²) in [7, 11) is 0. The van der Waals surface area contributed by atoms with Crippen molar-refractivity contribution >= 4 is 35.0 Å². The van der Waals surface area contributed by atoms with Gasteiger partial charge in [0.05, 0.1) is 22.0 Å². The third kappa shape index (κ3) is 4.91. The van der Waals surface area contributed by atoms with Crippen LogP contribution in [0.1, 0.15) is 49.4 Å². The molecule has 0 aromatic heterocycles. The molecule has 1 spiro atoms. The summed E-state index contributed by atoms with van der Waals surface area (Å²) in [6.45, 7) is 13.8. The van der Waals surface area contributed by atoms with E-state index in [-0.39, 0.29) is 11.0 Å². The number of hydrogen-bond donors (Lipinski definition) is 1. The molecule has 0 amide bonds. The van der Waals surface area contributed by atoms with Gasteiger partial charge < -0.3 is 15.0 Å². The lowest BCUT2D eigenvalue weighted by Crippen LogP contribution is -2.75. The number of nitrogens with one attached hydrogen (secondary N) is 1. The van der Waals surface area contributed by atoms with E-state index in [2.05, 4.69) is 67.1 Å². The van der Waals surface area contributed by atoms with Crippen molar-refractivity contribution in [2.45, 2.75) is 38.1 Å². The molecule has 0 atom stereocenters. The van der Waals surface area contributed by atoms with Crippen LogP contribution in [0.2, 0.25) is 5.02 Å². The first-order valence-electron chi connectivity index (χ1n) is 12.2. The highest BCUT2D eigenvalue weighted by Gasteiger charge is 2.49. The van der Waals surface area contributed by atoms with Crippen LogP contribution in [0, 0.1) is 11.3 Å². The maximum absolute atomic E-state index is 9.66. The van der Waals surface area contributed by atoms with E-state index in [9.17, 15) is 5.26 Å². The lowest BCUT2D eigenvalue weighted by molar-refractivity contribution is -0.0243. The first kappa shape index (κ1) is 26.3. The van der Waals surface area contributed by atoms with Crippen molar-refractivity contribution in [3.63, 3.8) is 0 Å². The Labute approximate surface area is 224 Å². The molecule has 2 saturated heterocycles. The molecule has 5 nitrogen and oxygen atoms in total. The Morgan fingerprint density at radius 2 is 2.00 bits per heavy atom. The normalized spacial score (nSPS) is 17.0. The zero-order chi connectivity index (χ0) is 25.9. The summed E-state index contributed by atoms with van der Waals surface area (Å²) < 4.78 is 5.60. The van der Waals surface area contributed by atoms with Gasteiger partial charge in [-0.1, -0.05) is 62.4 Å². The second kappa shape index (κ2) is 10.7. The summed E-state index contributed by atoms with van der Waals surface area (Å²) in [6.07, 6.45) is 5.16. The van der Waals surface area contributed by atoms with Crippen LogP contribution >= 0.6 is 23.2 Å². The summed E-state index contributed by atoms with van der Waals surface area (Å²) in [6, 6.07) is 14.4. The van der Waals surface area contributed by atoms with E-state index < -0.39 is 0 Å². The van der Waals surface area contributed by atoms with Crippen molar-refractivity contribution in [1.29, 1.82) is 5.26 Å². The van der Waals surface area contributed by atoms with E-state index in [0.29, 0.717) is 28.8 Å². The van der Waals surface area contributed by atoms with E-state index in [0.717, 1.165) is 47.7 Å². The number of rotatable bonds is 9. The molecule has 2 aromatic rings.